The number of hydrogen-bond donors (Lipinski definition) is 1. The Morgan fingerprint density at radius 3 is 2.72 bits per heavy atom. The summed E-state index contributed by atoms with van der Waals surface area (Å²) in [6.45, 7) is 3.83. The van der Waals surface area contributed by atoms with E-state index in [0.29, 0.717) is 32.7 Å². The number of amides is 1. The van der Waals surface area contributed by atoms with Gasteiger partial charge in [-0.25, -0.2) is 4.79 Å². The molecule has 0 aromatic heterocycles. The number of halogens is 1. The Morgan fingerprint density at radius 2 is 2.11 bits per heavy atom. The highest BCUT2D eigenvalue weighted by Crippen LogP contribution is 2.16. The molecule has 100 valence electrons. The predicted molar refractivity (Wildman–Crippen MR) is 73.9 cm³/mol. The first-order valence-corrected chi connectivity index (χ1v) is 6.73. The Labute approximate surface area is 116 Å². The van der Waals surface area contributed by atoms with Gasteiger partial charge in [0.05, 0.1) is 6.61 Å². The van der Waals surface area contributed by atoms with E-state index in [1.165, 1.54) is 4.90 Å². The first-order chi connectivity index (χ1) is 8.65. The Bertz CT molecular complexity index is 384. The molecule has 0 saturated heterocycles. The fourth-order valence-electron chi connectivity index (χ4n) is 1.58. The number of rotatable bonds is 7. The molecular weight excluding hydrogens is 298 g/mol. The molecule has 0 atom stereocenters. The third-order valence-electron chi connectivity index (χ3n) is 2.59. The summed E-state index contributed by atoms with van der Waals surface area (Å²) >= 11 is 3.46. The van der Waals surface area contributed by atoms with Gasteiger partial charge >= 0.3 is 6.09 Å². The van der Waals surface area contributed by atoms with Gasteiger partial charge in [0.1, 0.15) is 0 Å². The minimum atomic E-state index is -0.901. The molecule has 18 heavy (non-hydrogen) atoms. The van der Waals surface area contributed by atoms with Gasteiger partial charge in [0.15, 0.2) is 0 Å². The van der Waals surface area contributed by atoms with Crippen molar-refractivity contribution < 1.29 is 14.6 Å². The molecule has 1 aromatic rings. The fraction of sp³-hybridized carbons (Fsp3) is 0.462. The number of nitrogens with zero attached hydrogens (tertiary/aromatic N) is 1. The van der Waals surface area contributed by atoms with Gasteiger partial charge in [0, 0.05) is 24.2 Å². The van der Waals surface area contributed by atoms with Crippen LogP contribution in [-0.2, 0) is 11.2 Å². The highest BCUT2D eigenvalue weighted by molar-refractivity contribution is 9.10. The van der Waals surface area contributed by atoms with Crippen LogP contribution in [0.25, 0.3) is 0 Å². The monoisotopic (exact) mass is 315 g/mol. The molecule has 0 fully saturated rings. The lowest BCUT2D eigenvalue weighted by Crippen LogP contribution is -2.34. The van der Waals surface area contributed by atoms with E-state index in [-0.39, 0.29) is 0 Å². The van der Waals surface area contributed by atoms with Crippen LogP contribution in [-0.4, -0.2) is 42.4 Å². The summed E-state index contributed by atoms with van der Waals surface area (Å²) in [5.41, 5.74) is 1.11. The summed E-state index contributed by atoms with van der Waals surface area (Å²) in [7, 11) is 0. The largest absolute Gasteiger partial charge is 0.465 e. The van der Waals surface area contributed by atoms with Gasteiger partial charge in [-0.3, -0.25) is 0 Å². The Kier molecular flexibility index (Phi) is 6.75. The first-order valence-electron chi connectivity index (χ1n) is 5.94. The van der Waals surface area contributed by atoms with Crippen molar-refractivity contribution in [1.29, 1.82) is 0 Å². The number of carboxylic acid groups (broad SMARTS) is 1. The lowest BCUT2D eigenvalue weighted by molar-refractivity contribution is 0.101. The second kappa shape index (κ2) is 8.11. The molecule has 0 aliphatic rings. The standard InChI is InChI=1S/C13H18BrNO3/c1-2-18-10-9-15(13(16)17)8-7-11-5-3-4-6-12(11)14/h3-6H,2,7-10H2,1H3,(H,16,17). The van der Waals surface area contributed by atoms with Gasteiger partial charge in [0.25, 0.3) is 0 Å². The normalized spacial score (nSPS) is 10.3. The maximum Gasteiger partial charge on any atom is 0.407 e. The molecule has 0 saturated carbocycles. The van der Waals surface area contributed by atoms with Gasteiger partial charge in [-0.2, -0.15) is 0 Å². The average Bonchev–Trinajstić information content (AvgIpc) is 2.35. The zero-order chi connectivity index (χ0) is 13.4. The Hall–Kier alpha value is -1.07. The summed E-state index contributed by atoms with van der Waals surface area (Å²) < 4.78 is 6.19. The second-order valence-electron chi connectivity index (χ2n) is 3.81. The van der Waals surface area contributed by atoms with Gasteiger partial charge < -0.3 is 14.7 Å². The van der Waals surface area contributed by atoms with Crippen molar-refractivity contribution in [3.8, 4) is 0 Å². The quantitative estimate of drug-likeness (QED) is 0.787. The van der Waals surface area contributed by atoms with Crippen LogP contribution < -0.4 is 0 Å². The van der Waals surface area contributed by atoms with Crippen LogP contribution >= 0.6 is 15.9 Å². The van der Waals surface area contributed by atoms with Crippen molar-refractivity contribution in [3.05, 3.63) is 34.3 Å². The first kappa shape index (κ1) is 15.0. The molecule has 0 aliphatic heterocycles. The van der Waals surface area contributed by atoms with Crippen LogP contribution in [0.15, 0.2) is 28.7 Å². The fourth-order valence-corrected chi connectivity index (χ4v) is 2.06. The summed E-state index contributed by atoms with van der Waals surface area (Å²) in [6, 6.07) is 7.84. The van der Waals surface area contributed by atoms with E-state index in [1.54, 1.807) is 0 Å². The van der Waals surface area contributed by atoms with Gasteiger partial charge in [-0.1, -0.05) is 34.1 Å². The van der Waals surface area contributed by atoms with Crippen LogP contribution in [0.5, 0.6) is 0 Å². The molecule has 5 heteroatoms. The van der Waals surface area contributed by atoms with E-state index >= 15 is 0 Å². The molecular formula is C13H18BrNO3. The van der Waals surface area contributed by atoms with Crippen LogP contribution in [0.3, 0.4) is 0 Å². The van der Waals surface area contributed by atoms with E-state index < -0.39 is 6.09 Å². The average molecular weight is 316 g/mol. The summed E-state index contributed by atoms with van der Waals surface area (Å²) in [5.74, 6) is 0. The van der Waals surface area contributed by atoms with Crippen LogP contribution in [0.1, 0.15) is 12.5 Å². The van der Waals surface area contributed by atoms with Crippen molar-refractivity contribution in [1.82, 2.24) is 4.90 Å². The third kappa shape index (κ3) is 5.06. The van der Waals surface area contributed by atoms with E-state index in [9.17, 15) is 4.79 Å². The molecule has 4 nitrogen and oxygen atoms in total. The maximum absolute atomic E-state index is 11.1. The lowest BCUT2D eigenvalue weighted by atomic mass is 10.1. The van der Waals surface area contributed by atoms with Crippen molar-refractivity contribution in [2.24, 2.45) is 0 Å². The molecule has 1 N–H and O–H groups in total. The molecule has 1 amide bonds. The number of carbonyl (C=O) groups is 1. The minimum Gasteiger partial charge on any atom is -0.465 e. The number of benzene rings is 1. The van der Waals surface area contributed by atoms with Crippen molar-refractivity contribution in [3.63, 3.8) is 0 Å². The summed E-state index contributed by atoms with van der Waals surface area (Å²) in [6.07, 6.45) is -0.207. The van der Waals surface area contributed by atoms with E-state index in [2.05, 4.69) is 15.9 Å². The highest BCUT2D eigenvalue weighted by Gasteiger charge is 2.11. The molecule has 0 aliphatic carbocycles. The van der Waals surface area contributed by atoms with Gasteiger partial charge in [0.2, 0.25) is 0 Å². The van der Waals surface area contributed by atoms with Crippen molar-refractivity contribution in [2.45, 2.75) is 13.3 Å². The van der Waals surface area contributed by atoms with Gasteiger partial charge in [-0.05, 0) is 25.0 Å². The molecule has 0 bridgehead atoms. The molecule has 0 heterocycles. The molecule has 0 unspecified atom stereocenters. The molecule has 0 radical (unpaired) electrons. The number of hydrogen-bond acceptors (Lipinski definition) is 2. The van der Waals surface area contributed by atoms with E-state index in [0.717, 1.165) is 10.0 Å². The van der Waals surface area contributed by atoms with Crippen molar-refractivity contribution in [2.75, 3.05) is 26.3 Å². The van der Waals surface area contributed by atoms with E-state index in [1.807, 2.05) is 31.2 Å². The van der Waals surface area contributed by atoms with Crippen molar-refractivity contribution >= 4 is 22.0 Å². The Balaban J connectivity index is 2.47. The molecule has 0 spiro atoms. The van der Waals surface area contributed by atoms with Gasteiger partial charge in [-0.15, -0.1) is 0 Å². The van der Waals surface area contributed by atoms with Crippen LogP contribution in [0.2, 0.25) is 0 Å². The highest BCUT2D eigenvalue weighted by atomic mass is 79.9. The number of ether oxygens (including phenoxy) is 1. The molecule has 1 rings (SSSR count). The lowest BCUT2D eigenvalue weighted by Gasteiger charge is -2.19. The van der Waals surface area contributed by atoms with E-state index in [4.69, 9.17) is 9.84 Å². The second-order valence-corrected chi connectivity index (χ2v) is 4.66. The van der Waals surface area contributed by atoms with Crippen LogP contribution in [0, 0.1) is 0 Å². The zero-order valence-corrected chi connectivity index (χ0v) is 12.0. The summed E-state index contributed by atoms with van der Waals surface area (Å²) in [5, 5.41) is 9.08. The minimum absolute atomic E-state index is 0.410. The smallest absolute Gasteiger partial charge is 0.407 e. The maximum atomic E-state index is 11.1. The van der Waals surface area contributed by atoms with Crippen LogP contribution in [0.4, 0.5) is 4.79 Å². The SMILES string of the molecule is CCOCCN(CCc1ccccc1Br)C(=O)O. The third-order valence-corrected chi connectivity index (χ3v) is 3.36. The predicted octanol–water partition coefficient (Wildman–Crippen LogP) is 3.01. The zero-order valence-electron chi connectivity index (χ0n) is 10.4. The summed E-state index contributed by atoms with van der Waals surface area (Å²) in [4.78, 5) is 12.4. The molecule has 1 aromatic carbocycles. The topological polar surface area (TPSA) is 49.8 Å². The Morgan fingerprint density at radius 1 is 1.39 bits per heavy atom.